The molecule has 0 rings (SSSR count). The molecule has 4 nitrogen and oxygen atoms in total. The predicted octanol–water partition coefficient (Wildman–Crippen LogP) is 0.738. The van der Waals surface area contributed by atoms with Gasteiger partial charge in [0.2, 0.25) is 0 Å². The summed E-state index contributed by atoms with van der Waals surface area (Å²) in [6, 6.07) is 0. The molecule has 0 saturated heterocycles. The monoisotopic (exact) mass is 191 g/mol. The van der Waals surface area contributed by atoms with Crippen LogP contribution in [0.4, 0.5) is 0 Å². The molecule has 0 fully saturated rings. The quantitative estimate of drug-likeness (QED) is 0.514. The molecule has 0 radical (unpaired) electrons. The molecule has 0 heterocycles. The Bertz CT molecular complexity index is 123. The SMILES string of the molecule is CCOP(=O)(NC)OCC.[NaH]. The van der Waals surface area contributed by atoms with Crippen LogP contribution in [0.2, 0.25) is 0 Å². The molecule has 0 aromatic heterocycles. The van der Waals surface area contributed by atoms with Crippen LogP contribution in [0, 0.1) is 0 Å². The molecule has 0 unspecified atom stereocenters. The van der Waals surface area contributed by atoms with Crippen LogP contribution in [0.25, 0.3) is 0 Å². The maximum absolute atomic E-state index is 11.2. The van der Waals surface area contributed by atoms with Gasteiger partial charge < -0.3 is 0 Å². The number of hydrogen-bond acceptors (Lipinski definition) is 3. The van der Waals surface area contributed by atoms with Gasteiger partial charge in [-0.05, 0) is 20.9 Å². The van der Waals surface area contributed by atoms with Gasteiger partial charge in [0.05, 0.1) is 13.2 Å². The van der Waals surface area contributed by atoms with Crippen molar-refractivity contribution in [3.8, 4) is 0 Å². The van der Waals surface area contributed by atoms with Crippen LogP contribution in [0.3, 0.4) is 0 Å². The van der Waals surface area contributed by atoms with Crippen LogP contribution in [0.5, 0.6) is 0 Å². The van der Waals surface area contributed by atoms with E-state index in [0.29, 0.717) is 13.2 Å². The van der Waals surface area contributed by atoms with Crippen molar-refractivity contribution in [3.05, 3.63) is 0 Å². The molecule has 0 spiro atoms. The first-order valence-electron chi connectivity index (χ1n) is 3.26. The Kier molecular flexibility index (Phi) is 10.3. The van der Waals surface area contributed by atoms with Crippen molar-refractivity contribution in [2.24, 2.45) is 0 Å². The van der Waals surface area contributed by atoms with Gasteiger partial charge in [0.25, 0.3) is 0 Å². The molecular weight excluding hydrogens is 176 g/mol. The summed E-state index contributed by atoms with van der Waals surface area (Å²) >= 11 is 0. The molecule has 1 N–H and O–H groups in total. The maximum atomic E-state index is 11.2. The molecule has 0 aliphatic carbocycles. The van der Waals surface area contributed by atoms with Gasteiger partial charge >= 0.3 is 37.3 Å². The molecule has 0 aromatic rings. The van der Waals surface area contributed by atoms with Gasteiger partial charge in [-0.3, -0.25) is 9.05 Å². The van der Waals surface area contributed by atoms with E-state index in [1.807, 2.05) is 0 Å². The van der Waals surface area contributed by atoms with Crippen LogP contribution in [-0.2, 0) is 13.6 Å². The fourth-order valence-corrected chi connectivity index (χ4v) is 1.52. The molecular formula is C5H15NNaO3P. The first-order chi connectivity index (χ1) is 4.68. The first kappa shape index (κ1) is 14.6. The summed E-state index contributed by atoms with van der Waals surface area (Å²) in [5, 5.41) is 2.49. The van der Waals surface area contributed by atoms with Crippen LogP contribution in [0.1, 0.15) is 13.8 Å². The van der Waals surface area contributed by atoms with Crippen molar-refractivity contribution in [2.45, 2.75) is 13.8 Å². The summed E-state index contributed by atoms with van der Waals surface area (Å²) in [5.74, 6) is 0. The fourth-order valence-electron chi connectivity index (χ4n) is 0.506. The standard InChI is InChI=1S/C5H14NO3P.Na.H/c1-4-8-10(7,6-3)9-5-2;;/h4-5H2,1-3H3,(H,6,7);;. The van der Waals surface area contributed by atoms with E-state index in [1.54, 1.807) is 20.9 Å². The molecule has 0 aromatic carbocycles. The van der Waals surface area contributed by atoms with Gasteiger partial charge in [0.1, 0.15) is 0 Å². The predicted molar refractivity (Wildman–Crippen MR) is 47.1 cm³/mol. The van der Waals surface area contributed by atoms with Gasteiger partial charge in [-0.25, -0.2) is 9.65 Å². The Morgan fingerprint density at radius 1 is 1.27 bits per heavy atom. The molecule has 11 heavy (non-hydrogen) atoms. The summed E-state index contributed by atoms with van der Waals surface area (Å²) in [6.07, 6.45) is 0. The van der Waals surface area contributed by atoms with Crippen LogP contribution in [-0.4, -0.2) is 49.8 Å². The Labute approximate surface area is 89.9 Å². The van der Waals surface area contributed by atoms with E-state index >= 15 is 0 Å². The van der Waals surface area contributed by atoms with Gasteiger partial charge in [0.15, 0.2) is 0 Å². The summed E-state index contributed by atoms with van der Waals surface area (Å²) in [4.78, 5) is 0. The number of hydrogen-bond donors (Lipinski definition) is 1. The van der Waals surface area contributed by atoms with Gasteiger partial charge in [-0.2, -0.15) is 0 Å². The Hall–Kier alpha value is 1.11. The van der Waals surface area contributed by atoms with Crippen molar-refractivity contribution >= 4 is 37.3 Å². The second-order valence-electron chi connectivity index (χ2n) is 1.56. The van der Waals surface area contributed by atoms with E-state index in [-0.39, 0.29) is 29.6 Å². The third-order valence-electron chi connectivity index (χ3n) is 0.872. The Morgan fingerprint density at radius 2 is 1.64 bits per heavy atom. The van der Waals surface area contributed by atoms with E-state index in [4.69, 9.17) is 9.05 Å². The molecule has 6 heteroatoms. The molecule has 0 aliphatic heterocycles. The van der Waals surface area contributed by atoms with Crippen LogP contribution in [0.15, 0.2) is 0 Å². The second kappa shape index (κ2) is 7.74. The van der Waals surface area contributed by atoms with Crippen molar-refractivity contribution < 1.29 is 13.6 Å². The normalized spacial score (nSPS) is 10.8. The summed E-state index contributed by atoms with van der Waals surface area (Å²) in [6.45, 7) is 4.31. The molecule has 0 atom stereocenters. The average molecular weight is 191 g/mol. The minimum absolute atomic E-state index is 0. The van der Waals surface area contributed by atoms with E-state index < -0.39 is 7.75 Å². The average Bonchev–Trinajstić information content (AvgIpc) is 1.89. The molecule has 0 aliphatic rings. The molecule has 0 saturated carbocycles. The molecule has 0 bridgehead atoms. The van der Waals surface area contributed by atoms with Crippen LogP contribution < -0.4 is 5.09 Å². The third kappa shape index (κ3) is 6.29. The van der Waals surface area contributed by atoms with Gasteiger partial charge in [0, 0.05) is 0 Å². The van der Waals surface area contributed by atoms with E-state index in [9.17, 15) is 4.57 Å². The summed E-state index contributed by atoms with van der Waals surface area (Å²) < 4.78 is 20.9. The van der Waals surface area contributed by atoms with Gasteiger partial charge in [-0.15, -0.1) is 0 Å². The number of nitrogens with one attached hydrogen (secondary N) is 1. The summed E-state index contributed by atoms with van der Waals surface area (Å²) in [5.41, 5.74) is 0. The second-order valence-corrected chi connectivity index (χ2v) is 3.52. The molecule has 64 valence electrons. The summed E-state index contributed by atoms with van der Waals surface area (Å²) in [7, 11) is -1.40. The van der Waals surface area contributed by atoms with E-state index in [1.165, 1.54) is 0 Å². The van der Waals surface area contributed by atoms with Crippen molar-refractivity contribution in [1.82, 2.24) is 5.09 Å². The van der Waals surface area contributed by atoms with E-state index in [0.717, 1.165) is 0 Å². The van der Waals surface area contributed by atoms with Gasteiger partial charge in [-0.1, -0.05) is 0 Å². The third-order valence-corrected chi connectivity index (χ3v) is 2.62. The zero-order chi connectivity index (χ0) is 8.04. The molecule has 0 amide bonds. The zero-order valence-corrected chi connectivity index (χ0v) is 7.48. The van der Waals surface area contributed by atoms with Crippen LogP contribution >= 0.6 is 7.75 Å². The van der Waals surface area contributed by atoms with Crippen molar-refractivity contribution in [3.63, 3.8) is 0 Å². The van der Waals surface area contributed by atoms with E-state index in [2.05, 4.69) is 5.09 Å². The first-order valence-corrected chi connectivity index (χ1v) is 4.81. The Morgan fingerprint density at radius 3 is 1.82 bits per heavy atom. The Balaban J connectivity index is 0. The number of rotatable bonds is 5. The van der Waals surface area contributed by atoms with Crippen molar-refractivity contribution in [1.29, 1.82) is 0 Å². The minimum atomic E-state index is -2.95. The fraction of sp³-hybridized carbons (Fsp3) is 1.00. The topological polar surface area (TPSA) is 47.6 Å². The zero-order valence-electron chi connectivity index (χ0n) is 6.59. The van der Waals surface area contributed by atoms with Crippen molar-refractivity contribution in [2.75, 3.05) is 20.3 Å².